The monoisotopic (exact) mass is 219 g/mol. The molecule has 1 aliphatic rings. The molecule has 0 aromatic carbocycles. The summed E-state index contributed by atoms with van der Waals surface area (Å²) in [5.74, 6) is -0.280. The Morgan fingerprint density at radius 1 is 1.36 bits per heavy atom. The molecule has 0 fully saturated rings. The van der Waals surface area contributed by atoms with Gasteiger partial charge in [-0.3, -0.25) is 4.79 Å². The molecule has 14 heavy (non-hydrogen) atoms. The molecule has 0 aliphatic heterocycles. The van der Waals surface area contributed by atoms with Crippen molar-refractivity contribution in [2.75, 3.05) is 7.11 Å². The first-order chi connectivity index (χ1) is 6.25. The molecule has 0 radical (unpaired) electrons. The lowest BCUT2D eigenvalue weighted by molar-refractivity contribution is -0.146. The van der Waals surface area contributed by atoms with Crippen LogP contribution in [0.1, 0.15) is 25.7 Å². The van der Waals surface area contributed by atoms with E-state index in [9.17, 15) is 4.79 Å². The van der Waals surface area contributed by atoms with Crippen LogP contribution < -0.4 is 5.73 Å². The molecule has 2 atom stereocenters. The van der Waals surface area contributed by atoms with Gasteiger partial charge in [-0.15, -0.1) is 12.4 Å². The molecule has 0 aromatic rings. The number of rotatable bonds is 1. The number of nitrogens with two attached hydrogens (primary N) is 1. The Labute approximate surface area is 91.1 Å². The van der Waals surface area contributed by atoms with Gasteiger partial charge in [0, 0.05) is 6.04 Å². The van der Waals surface area contributed by atoms with Crippen molar-refractivity contribution in [1.29, 1.82) is 0 Å². The Bertz CT molecular complexity index is 206. The first-order valence-electron chi connectivity index (χ1n) is 4.74. The SMILES string of the molecule is COC(=O)[C@@H]1CC/C=C\CC[C@@H]1N.Cl. The molecular formula is C10H18ClNO2. The van der Waals surface area contributed by atoms with Gasteiger partial charge in [0.2, 0.25) is 0 Å². The van der Waals surface area contributed by atoms with E-state index in [0.29, 0.717) is 0 Å². The number of halogens is 1. The summed E-state index contributed by atoms with van der Waals surface area (Å²) < 4.78 is 4.71. The number of carbonyl (C=O) groups is 1. The average Bonchev–Trinajstić information content (AvgIpc) is 2.11. The number of hydrogen-bond acceptors (Lipinski definition) is 3. The molecule has 0 bridgehead atoms. The lowest BCUT2D eigenvalue weighted by Gasteiger charge is -2.21. The number of ether oxygens (including phenoxy) is 1. The van der Waals surface area contributed by atoms with Crippen molar-refractivity contribution in [2.24, 2.45) is 11.7 Å². The molecule has 0 amide bonds. The molecule has 0 saturated carbocycles. The first kappa shape index (κ1) is 13.5. The van der Waals surface area contributed by atoms with E-state index in [1.54, 1.807) is 0 Å². The summed E-state index contributed by atoms with van der Waals surface area (Å²) >= 11 is 0. The van der Waals surface area contributed by atoms with Crippen molar-refractivity contribution in [3.05, 3.63) is 12.2 Å². The van der Waals surface area contributed by atoms with Gasteiger partial charge in [0.1, 0.15) is 0 Å². The third-order valence-corrected chi connectivity index (χ3v) is 2.50. The van der Waals surface area contributed by atoms with Gasteiger partial charge in [0.25, 0.3) is 0 Å². The number of esters is 1. The van der Waals surface area contributed by atoms with Gasteiger partial charge in [-0.1, -0.05) is 12.2 Å². The Morgan fingerprint density at radius 3 is 2.50 bits per heavy atom. The van der Waals surface area contributed by atoms with Crippen LogP contribution in [0.3, 0.4) is 0 Å². The predicted molar refractivity (Wildman–Crippen MR) is 58.3 cm³/mol. The van der Waals surface area contributed by atoms with E-state index in [1.807, 2.05) is 0 Å². The minimum Gasteiger partial charge on any atom is -0.469 e. The van der Waals surface area contributed by atoms with Crippen LogP contribution >= 0.6 is 12.4 Å². The number of hydrogen-bond donors (Lipinski definition) is 1. The fourth-order valence-electron chi connectivity index (χ4n) is 1.66. The largest absolute Gasteiger partial charge is 0.469 e. The van der Waals surface area contributed by atoms with E-state index in [1.165, 1.54) is 7.11 Å². The molecule has 2 N–H and O–H groups in total. The fourth-order valence-corrected chi connectivity index (χ4v) is 1.66. The van der Waals surface area contributed by atoms with Gasteiger partial charge >= 0.3 is 5.97 Å². The normalized spacial score (nSPS) is 29.3. The highest BCUT2D eigenvalue weighted by Gasteiger charge is 2.25. The quantitative estimate of drug-likeness (QED) is 0.539. The van der Waals surface area contributed by atoms with Crippen LogP contribution in [0.2, 0.25) is 0 Å². The molecule has 4 heteroatoms. The molecule has 3 nitrogen and oxygen atoms in total. The first-order valence-corrected chi connectivity index (χ1v) is 4.74. The molecule has 0 aromatic heterocycles. The summed E-state index contributed by atoms with van der Waals surface area (Å²) in [6.45, 7) is 0. The van der Waals surface area contributed by atoms with Crippen LogP contribution in [0.5, 0.6) is 0 Å². The van der Waals surface area contributed by atoms with Gasteiger partial charge < -0.3 is 10.5 Å². The molecule has 0 unspecified atom stereocenters. The Morgan fingerprint density at radius 2 is 1.93 bits per heavy atom. The number of allylic oxidation sites excluding steroid dienone is 2. The summed E-state index contributed by atoms with van der Waals surface area (Å²) in [5.41, 5.74) is 5.89. The summed E-state index contributed by atoms with van der Waals surface area (Å²) in [6, 6.07) is -0.0441. The highest BCUT2D eigenvalue weighted by Crippen LogP contribution is 2.18. The molecule has 1 rings (SSSR count). The zero-order chi connectivity index (χ0) is 9.68. The lowest BCUT2D eigenvalue weighted by atomic mass is 9.90. The van der Waals surface area contributed by atoms with Gasteiger partial charge in [-0.25, -0.2) is 0 Å². The van der Waals surface area contributed by atoms with Gasteiger partial charge in [0.15, 0.2) is 0 Å². The minimum atomic E-state index is -0.164. The van der Waals surface area contributed by atoms with Crippen LogP contribution in [0, 0.1) is 5.92 Å². The second-order valence-electron chi connectivity index (χ2n) is 3.42. The van der Waals surface area contributed by atoms with E-state index in [2.05, 4.69) is 12.2 Å². The molecule has 82 valence electrons. The van der Waals surface area contributed by atoms with Gasteiger partial charge in [0.05, 0.1) is 13.0 Å². The number of methoxy groups -OCH3 is 1. The molecule has 0 saturated heterocycles. The summed E-state index contributed by atoms with van der Waals surface area (Å²) in [6.07, 6.45) is 7.82. The van der Waals surface area contributed by atoms with Crippen LogP contribution in [0.15, 0.2) is 12.2 Å². The standard InChI is InChI=1S/C10H17NO2.ClH/c1-13-10(12)8-6-4-2-3-5-7-9(8)11;/h2-3,8-9H,4-7,11H2,1H3;1H/b3-2-;/t8-,9+;/m1./s1. The van der Waals surface area contributed by atoms with E-state index in [-0.39, 0.29) is 30.3 Å². The number of carbonyl (C=O) groups excluding carboxylic acids is 1. The molecule has 1 aliphatic carbocycles. The molecule has 0 heterocycles. The van der Waals surface area contributed by atoms with Crippen LogP contribution in [0.4, 0.5) is 0 Å². The topological polar surface area (TPSA) is 52.3 Å². The zero-order valence-electron chi connectivity index (χ0n) is 8.44. The van der Waals surface area contributed by atoms with Crippen molar-refractivity contribution >= 4 is 18.4 Å². The maximum Gasteiger partial charge on any atom is 0.310 e. The third-order valence-electron chi connectivity index (χ3n) is 2.50. The highest BCUT2D eigenvalue weighted by atomic mass is 35.5. The maximum absolute atomic E-state index is 11.3. The summed E-state index contributed by atoms with van der Waals surface area (Å²) in [5, 5.41) is 0. The predicted octanol–water partition coefficient (Wildman–Crippen LogP) is 1.65. The maximum atomic E-state index is 11.3. The van der Waals surface area contributed by atoms with Crippen molar-refractivity contribution < 1.29 is 9.53 Å². The van der Waals surface area contributed by atoms with Crippen molar-refractivity contribution in [2.45, 2.75) is 31.7 Å². The second kappa shape index (κ2) is 6.85. The highest BCUT2D eigenvalue weighted by molar-refractivity contribution is 5.85. The third kappa shape index (κ3) is 3.68. The fraction of sp³-hybridized carbons (Fsp3) is 0.700. The lowest BCUT2D eigenvalue weighted by Crippen LogP contribution is -2.36. The van der Waals surface area contributed by atoms with Crippen molar-refractivity contribution in [3.8, 4) is 0 Å². The average molecular weight is 220 g/mol. The van der Waals surface area contributed by atoms with E-state index in [4.69, 9.17) is 10.5 Å². The van der Waals surface area contributed by atoms with Crippen LogP contribution in [-0.4, -0.2) is 19.1 Å². The molecule has 0 spiro atoms. The van der Waals surface area contributed by atoms with Gasteiger partial charge in [-0.2, -0.15) is 0 Å². The summed E-state index contributed by atoms with van der Waals surface area (Å²) in [7, 11) is 1.42. The van der Waals surface area contributed by atoms with Crippen molar-refractivity contribution in [3.63, 3.8) is 0 Å². The zero-order valence-corrected chi connectivity index (χ0v) is 9.26. The van der Waals surface area contributed by atoms with Crippen LogP contribution in [-0.2, 0) is 9.53 Å². The van der Waals surface area contributed by atoms with Crippen LogP contribution in [0.25, 0.3) is 0 Å². The Kier molecular flexibility index (Phi) is 6.58. The van der Waals surface area contributed by atoms with Gasteiger partial charge in [-0.05, 0) is 25.7 Å². The van der Waals surface area contributed by atoms with E-state index < -0.39 is 0 Å². The second-order valence-corrected chi connectivity index (χ2v) is 3.42. The molecular weight excluding hydrogens is 202 g/mol. The minimum absolute atomic E-state index is 0. The van der Waals surface area contributed by atoms with E-state index in [0.717, 1.165) is 25.7 Å². The Balaban J connectivity index is 0.00000169. The summed E-state index contributed by atoms with van der Waals surface area (Å²) in [4.78, 5) is 11.3. The smallest absolute Gasteiger partial charge is 0.310 e. The van der Waals surface area contributed by atoms with E-state index >= 15 is 0 Å². The Hall–Kier alpha value is -0.540. The van der Waals surface area contributed by atoms with Crippen molar-refractivity contribution in [1.82, 2.24) is 0 Å².